The van der Waals surface area contributed by atoms with Crippen LogP contribution in [0, 0.1) is 11.8 Å². The van der Waals surface area contributed by atoms with E-state index in [-0.39, 0.29) is 34.8 Å². The minimum absolute atomic E-state index is 0.0674. The summed E-state index contributed by atoms with van der Waals surface area (Å²) in [6.45, 7) is 9.66. The first-order valence-electron chi connectivity index (χ1n) is 13.1. The minimum Gasteiger partial charge on any atom is -0.384 e. The second-order valence-corrected chi connectivity index (χ2v) is 16.4. The number of imidazole rings is 1. The smallest absolute Gasteiger partial charge is 0.384 e. The number of aliphatic hydroxyl groups is 1. The van der Waals surface area contributed by atoms with E-state index in [9.17, 15) is 23.1 Å². The van der Waals surface area contributed by atoms with Crippen molar-refractivity contribution in [3.8, 4) is 23.2 Å². The number of halogens is 3. The summed E-state index contributed by atoms with van der Waals surface area (Å²) in [6, 6.07) is 10.4. The molecule has 3 heterocycles. The Bertz CT molecular complexity index is 1670. The van der Waals surface area contributed by atoms with Gasteiger partial charge in [-0.05, 0) is 36.9 Å². The number of ether oxygens (including phenoxy) is 1. The second kappa shape index (κ2) is 11.5. The van der Waals surface area contributed by atoms with Crippen molar-refractivity contribution in [2.24, 2.45) is 0 Å². The van der Waals surface area contributed by atoms with E-state index in [1.54, 1.807) is 28.5 Å². The largest absolute Gasteiger partial charge is 0.433 e. The van der Waals surface area contributed by atoms with Crippen molar-refractivity contribution in [1.29, 1.82) is 0 Å². The molecule has 1 atom stereocenters. The third-order valence-electron chi connectivity index (χ3n) is 6.60. The zero-order chi connectivity index (χ0) is 30.0. The van der Waals surface area contributed by atoms with E-state index in [0.717, 1.165) is 18.2 Å². The molecule has 0 aliphatic carbocycles. The zero-order valence-corrected chi connectivity index (χ0v) is 24.3. The highest BCUT2D eigenvalue weighted by molar-refractivity contribution is 6.76. The Balaban J connectivity index is 1.76. The lowest BCUT2D eigenvalue weighted by Crippen LogP contribution is -2.41. The molecule has 0 bridgehead atoms. The van der Waals surface area contributed by atoms with Crippen LogP contribution in [-0.2, 0) is 23.6 Å². The van der Waals surface area contributed by atoms with Crippen molar-refractivity contribution in [1.82, 2.24) is 19.1 Å². The molecule has 0 radical (unpaired) electrons. The number of nitrogens with zero attached hydrogens (tertiary/aromatic N) is 4. The summed E-state index contributed by atoms with van der Waals surface area (Å²) in [7, 11) is -1.28. The normalized spacial score (nSPS) is 13.6. The lowest BCUT2D eigenvalue weighted by atomic mass is 9.93. The van der Waals surface area contributed by atoms with Crippen molar-refractivity contribution in [3.05, 3.63) is 76.3 Å². The van der Waals surface area contributed by atoms with Gasteiger partial charge in [-0.1, -0.05) is 50.0 Å². The number of nitrogen functional groups attached to an aromatic ring is 1. The number of alkyl halides is 3. The van der Waals surface area contributed by atoms with Gasteiger partial charge in [0.2, 0.25) is 11.0 Å². The third kappa shape index (κ3) is 6.22. The molecule has 0 fully saturated rings. The van der Waals surface area contributed by atoms with Gasteiger partial charge < -0.3 is 24.7 Å². The molecule has 4 rings (SSSR count). The van der Waals surface area contributed by atoms with Crippen LogP contribution in [0.15, 0.2) is 59.7 Å². The Morgan fingerprint density at radius 2 is 1.83 bits per heavy atom. The van der Waals surface area contributed by atoms with E-state index < -0.39 is 30.8 Å². The Hall–Kier alpha value is -3.92. The van der Waals surface area contributed by atoms with Crippen molar-refractivity contribution in [2.75, 3.05) is 12.3 Å². The van der Waals surface area contributed by atoms with Gasteiger partial charge in [0.1, 0.15) is 35.3 Å². The maximum absolute atomic E-state index is 13.9. The van der Waals surface area contributed by atoms with Crippen LogP contribution in [0.2, 0.25) is 25.7 Å². The predicted molar refractivity (Wildman–Crippen MR) is 155 cm³/mol. The number of hydrogen-bond acceptors (Lipinski definition) is 6. The number of nitrogens with two attached hydrogens (primary N) is 1. The summed E-state index contributed by atoms with van der Waals surface area (Å²) in [5.74, 6) is 4.74. The molecule has 1 unspecified atom stereocenters. The van der Waals surface area contributed by atoms with Crippen LogP contribution in [0.25, 0.3) is 22.4 Å². The number of rotatable bonds is 8. The second-order valence-electron chi connectivity index (χ2n) is 10.8. The standard InChI is InChI=1S/C29H32F3N5O3Si/c1-5-37-25(33)23(27-34-15-16-36(27)19-40-17-18-41(2,3)4)24(38)22-12-11-21(35-26(22)37)13-14-28(39,29(30,31)32)20-9-7-6-8-10-20/h6-12,15-16,39H,5,17-19,33H2,1-4H3. The molecule has 216 valence electrons. The van der Waals surface area contributed by atoms with Crippen molar-refractivity contribution >= 4 is 24.9 Å². The summed E-state index contributed by atoms with van der Waals surface area (Å²) in [6.07, 6.45) is -1.81. The van der Waals surface area contributed by atoms with Gasteiger partial charge in [0, 0.05) is 39.2 Å². The molecule has 12 heteroatoms. The van der Waals surface area contributed by atoms with E-state index >= 15 is 0 Å². The molecule has 0 aliphatic heterocycles. The van der Waals surface area contributed by atoms with Gasteiger partial charge in [-0.25, -0.2) is 9.97 Å². The van der Waals surface area contributed by atoms with E-state index in [1.165, 1.54) is 30.3 Å². The average molecular weight is 584 g/mol. The fourth-order valence-electron chi connectivity index (χ4n) is 4.26. The molecule has 0 spiro atoms. The van der Waals surface area contributed by atoms with Gasteiger partial charge in [0.05, 0.1) is 5.39 Å². The Morgan fingerprint density at radius 3 is 2.46 bits per heavy atom. The van der Waals surface area contributed by atoms with Gasteiger partial charge in [0.15, 0.2) is 0 Å². The summed E-state index contributed by atoms with van der Waals surface area (Å²) in [4.78, 5) is 22.4. The molecule has 4 aromatic rings. The number of pyridine rings is 2. The summed E-state index contributed by atoms with van der Waals surface area (Å²) >= 11 is 0. The van der Waals surface area contributed by atoms with Crippen LogP contribution >= 0.6 is 0 Å². The van der Waals surface area contributed by atoms with Crippen molar-refractivity contribution in [2.45, 2.75) is 57.7 Å². The Morgan fingerprint density at radius 1 is 1.12 bits per heavy atom. The number of anilines is 1. The lowest BCUT2D eigenvalue weighted by Gasteiger charge is -2.25. The van der Waals surface area contributed by atoms with E-state index in [1.807, 2.05) is 5.92 Å². The van der Waals surface area contributed by atoms with Crippen LogP contribution < -0.4 is 11.2 Å². The van der Waals surface area contributed by atoms with Gasteiger partial charge >= 0.3 is 6.18 Å². The lowest BCUT2D eigenvalue weighted by molar-refractivity contribution is -0.240. The number of benzene rings is 1. The van der Waals surface area contributed by atoms with E-state index in [4.69, 9.17) is 10.5 Å². The minimum atomic E-state index is -5.07. The van der Waals surface area contributed by atoms with Crippen LogP contribution in [0.1, 0.15) is 18.2 Å². The monoisotopic (exact) mass is 583 g/mol. The molecule has 0 saturated heterocycles. The van der Waals surface area contributed by atoms with Crippen LogP contribution in [0.5, 0.6) is 0 Å². The molecular formula is C29H32F3N5O3Si. The maximum Gasteiger partial charge on any atom is 0.433 e. The first kappa shape index (κ1) is 30.0. The SMILES string of the molecule is CCn1c(N)c(-c2nccn2COCC[Si](C)(C)C)c(=O)c2ccc(C#CC(O)(c3ccccc3)C(F)(F)F)nc21. The van der Waals surface area contributed by atoms with E-state index in [0.29, 0.717) is 19.0 Å². The first-order valence-corrected chi connectivity index (χ1v) is 16.8. The summed E-state index contributed by atoms with van der Waals surface area (Å²) in [5, 5.41) is 10.7. The Kier molecular flexibility index (Phi) is 8.44. The molecule has 41 heavy (non-hydrogen) atoms. The number of fused-ring (bicyclic) bond motifs is 1. The highest BCUT2D eigenvalue weighted by Gasteiger charge is 2.54. The fraction of sp³-hybridized carbons (Fsp3) is 0.345. The van der Waals surface area contributed by atoms with Gasteiger partial charge in [-0.15, -0.1) is 0 Å². The summed E-state index contributed by atoms with van der Waals surface area (Å²) in [5.41, 5.74) is 2.48. The zero-order valence-electron chi connectivity index (χ0n) is 23.3. The maximum atomic E-state index is 13.9. The van der Waals surface area contributed by atoms with Gasteiger partial charge in [-0.3, -0.25) is 4.79 Å². The van der Waals surface area contributed by atoms with Crippen LogP contribution in [0.4, 0.5) is 19.0 Å². The average Bonchev–Trinajstić information content (AvgIpc) is 3.37. The predicted octanol–water partition coefficient (Wildman–Crippen LogP) is 4.98. The van der Waals surface area contributed by atoms with E-state index in [2.05, 4.69) is 35.5 Å². The fourth-order valence-corrected chi connectivity index (χ4v) is 5.02. The number of hydrogen-bond donors (Lipinski definition) is 2. The quantitative estimate of drug-likeness (QED) is 0.172. The number of aryl methyl sites for hydroxylation is 1. The number of aromatic nitrogens is 4. The highest BCUT2D eigenvalue weighted by Crippen LogP contribution is 2.38. The van der Waals surface area contributed by atoms with Crippen molar-refractivity contribution in [3.63, 3.8) is 0 Å². The summed E-state index contributed by atoms with van der Waals surface area (Å²) < 4.78 is 50.8. The van der Waals surface area contributed by atoms with Gasteiger partial charge in [-0.2, -0.15) is 13.2 Å². The molecule has 1 aromatic carbocycles. The van der Waals surface area contributed by atoms with Crippen molar-refractivity contribution < 1.29 is 23.0 Å². The highest BCUT2D eigenvalue weighted by atomic mass is 28.3. The molecule has 0 saturated carbocycles. The first-order chi connectivity index (χ1) is 19.3. The topological polar surface area (TPSA) is 108 Å². The molecule has 8 nitrogen and oxygen atoms in total. The van der Waals surface area contributed by atoms with Crippen LogP contribution in [-0.4, -0.2) is 45.1 Å². The molecule has 3 N–H and O–H groups in total. The van der Waals surface area contributed by atoms with Crippen LogP contribution in [0.3, 0.4) is 0 Å². The Labute approximate surface area is 236 Å². The molecule has 0 aliphatic rings. The molecule has 3 aromatic heterocycles. The third-order valence-corrected chi connectivity index (χ3v) is 8.31. The van der Waals surface area contributed by atoms with Gasteiger partial charge in [0.25, 0.3) is 0 Å². The molecular weight excluding hydrogens is 551 g/mol. The molecule has 0 amide bonds.